The van der Waals surface area contributed by atoms with Gasteiger partial charge in [0.2, 0.25) is 0 Å². The normalized spacial score (nSPS) is 9.31. The van der Waals surface area contributed by atoms with Gasteiger partial charge in [-0.25, -0.2) is 0 Å². The summed E-state index contributed by atoms with van der Waals surface area (Å²) in [4.78, 5) is 10.9. The van der Waals surface area contributed by atoms with Crippen LogP contribution in [-0.4, -0.2) is 25.1 Å². The van der Waals surface area contributed by atoms with E-state index in [4.69, 9.17) is 21.1 Å². The molecule has 0 aromatic heterocycles. The third-order valence-corrected chi connectivity index (χ3v) is 1.61. The molecule has 0 saturated heterocycles. The van der Waals surface area contributed by atoms with E-state index in [2.05, 4.69) is 6.58 Å². The Bertz CT molecular complexity index is 148. The second-order valence-corrected chi connectivity index (χ2v) is 2.78. The lowest BCUT2D eigenvalue weighted by atomic mass is 10.2. The van der Waals surface area contributed by atoms with Crippen molar-refractivity contribution in [2.24, 2.45) is 0 Å². The average Bonchev–Trinajstić information content (AvgIpc) is 2.13. The number of hydrogen-bond donors (Lipinski definition) is 0. The second-order valence-electron chi connectivity index (χ2n) is 2.40. The monoisotopic (exact) mass is 206 g/mol. The lowest BCUT2D eigenvalue weighted by Gasteiger charge is -2.03. The van der Waals surface area contributed by atoms with Crippen LogP contribution in [0.1, 0.15) is 19.3 Å². The summed E-state index contributed by atoms with van der Waals surface area (Å²) in [7, 11) is 0. The second kappa shape index (κ2) is 9.39. The molecule has 0 radical (unpaired) electrons. The highest BCUT2D eigenvalue weighted by Crippen LogP contribution is 1.98. The van der Waals surface area contributed by atoms with Gasteiger partial charge in [0.05, 0.1) is 6.26 Å². The fraction of sp³-hybridized carbons (Fsp3) is 0.667. The number of esters is 1. The largest absolute Gasteiger partial charge is 0.498 e. The van der Waals surface area contributed by atoms with E-state index in [1.807, 2.05) is 0 Å². The molecule has 0 atom stereocenters. The summed E-state index contributed by atoms with van der Waals surface area (Å²) in [6, 6.07) is 0. The van der Waals surface area contributed by atoms with Crippen molar-refractivity contribution in [3.05, 3.63) is 12.8 Å². The SMILES string of the molecule is C=COCCOC(=O)CCCCCl. The molecule has 0 rings (SSSR count). The van der Waals surface area contributed by atoms with Crippen LogP contribution in [0.5, 0.6) is 0 Å². The molecule has 0 saturated carbocycles. The maximum absolute atomic E-state index is 10.9. The Morgan fingerprint density at radius 3 is 2.77 bits per heavy atom. The van der Waals surface area contributed by atoms with Crippen LogP contribution < -0.4 is 0 Å². The Morgan fingerprint density at radius 1 is 1.38 bits per heavy atom. The van der Waals surface area contributed by atoms with Gasteiger partial charge >= 0.3 is 5.97 Å². The number of hydrogen-bond acceptors (Lipinski definition) is 3. The molecule has 0 aliphatic heterocycles. The van der Waals surface area contributed by atoms with Crippen molar-refractivity contribution in [2.75, 3.05) is 19.1 Å². The summed E-state index contributed by atoms with van der Waals surface area (Å²) in [5.74, 6) is 0.394. The maximum atomic E-state index is 10.9. The van der Waals surface area contributed by atoms with Crippen molar-refractivity contribution in [3.8, 4) is 0 Å². The first-order valence-corrected chi connectivity index (χ1v) is 4.78. The zero-order valence-corrected chi connectivity index (χ0v) is 8.39. The molecular formula is C9H15ClO3. The highest BCUT2D eigenvalue weighted by molar-refractivity contribution is 6.17. The third kappa shape index (κ3) is 9.21. The van der Waals surface area contributed by atoms with Gasteiger partial charge in [-0.1, -0.05) is 6.58 Å². The topological polar surface area (TPSA) is 35.5 Å². The molecule has 0 aliphatic rings. The molecule has 0 fully saturated rings. The lowest BCUT2D eigenvalue weighted by Crippen LogP contribution is -2.09. The van der Waals surface area contributed by atoms with E-state index in [1.54, 1.807) is 0 Å². The van der Waals surface area contributed by atoms with Crippen LogP contribution in [0.2, 0.25) is 0 Å². The molecule has 0 aliphatic carbocycles. The lowest BCUT2D eigenvalue weighted by molar-refractivity contribution is -0.144. The molecular weight excluding hydrogens is 192 g/mol. The molecule has 13 heavy (non-hydrogen) atoms. The zero-order valence-electron chi connectivity index (χ0n) is 7.63. The van der Waals surface area contributed by atoms with E-state index in [-0.39, 0.29) is 12.6 Å². The molecule has 76 valence electrons. The van der Waals surface area contributed by atoms with Gasteiger partial charge in [-0.15, -0.1) is 11.6 Å². The molecule has 0 spiro atoms. The van der Waals surface area contributed by atoms with Crippen LogP contribution >= 0.6 is 11.6 Å². The van der Waals surface area contributed by atoms with Crippen LogP contribution in [0, 0.1) is 0 Å². The Kier molecular flexibility index (Phi) is 8.88. The Labute approximate surface area is 83.7 Å². The number of ether oxygens (including phenoxy) is 2. The van der Waals surface area contributed by atoms with Gasteiger partial charge in [0, 0.05) is 12.3 Å². The molecule has 0 N–H and O–H groups in total. The molecule has 0 amide bonds. The van der Waals surface area contributed by atoms with Crippen LogP contribution in [0.25, 0.3) is 0 Å². The summed E-state index contributed by atoms with van der Waals surface area (Å²) < 4.78 is 9.61. The van der Waals surface area contributed by atoms with Crippen LogP contribution in [-0.2, 0) is 14.3 Å². The van der Waals surface area contributed by atoms with Gasteiger partial charge in [0.25, 0.3) is 0 Å². The zero-order chi connectivity index (χ0) is 9.94. The summed E-state index contributed by atoms with van der Waals surface area (Å²) in [5, 5.41) is 0. The quantitative estimate of drug-likeness (QED) is 0.264. The molecule has 3 nitrogen and oxygen atoms in total. The fourth-order valence-corrected chi connectivity index (χ4v) is 0.912. The Balaban J connectivity index is 3.15. The number of halogens is 1. The molecule has 4 heteroatoms. The molecule has 0 bridgehead atoms. The highest BCUT2D eigenvalue weighted by Gasteiger charge is 2.01. The third-order valence-electron chi connectivity index (χ3n) is 1.35. The molecule has 0 aromatic rings. The van der Waals surface area contributed by atoms with E-state index in [0.717, 1.165) is 12.8 Å². The predicted molar refractivity (Wildman–Crippen MR) is 51.7 cm³/mol. The van der Waals surface area contributed by atoms with Crippen LogP contribution in [0.3, 0.4) is 0 Å². The maximum Gasteiger partial charge on any atom is 0.305 e. The predicted octanol–water partition coefficient (Wildman–Crippen LogP) is 2.10. The summed E-state index contributed by atoms with van der Waals surface area (Å²) in [6.07, 6.45) is 3.38. The standard InChI is InChI=1S/C9H15ClO3/c1-2-12-7-8-13-9(11)5-3-4-6-10/h2H,1,3-8H2. The first-order valence-electron chi connectivity index (χ1n) is 4.25. The number of rotatable bonds is 8. The van der Waals surface area contributed by atoms with Crippen molar-refractivity contribution < 1.29 is 14.3 Å². The van der Waals surface area contributed by atoms with Gasteiger partial charge < -0.3 is 9.47 Å². The minimum Gasteiger partial charge on any atom is -0.498 e. The number of alkyl halides is 1. The number of carbonyl (C=O) groups is 1. The van der Waals surface area contributed by atoms with Gasteiger partial charge in [-0.3, -0.25) is 4.79 Å². The molecule has 0 heterocycles. The Morgan fingerprint density at radius 2 is 2.15 bits per heavy atom. The fourth-order valence-electron chi connectivity index (χ4n) is 0.723. The van der Waals surface area contributed by atoms with E-state index < -0.39 is 0 Å². The van der Waals surface area contributed by atoms with Gasteiger partial charge in [-0.05, 0) is 12.8 Å². The van der Waals surface area contributed by atoms with Crippen molar-refractivity contribution in [3.63, 3.8) is 0 Å². The summed E-state index contributed by atoms with van der Waals surface area (Å²) in [6.45, 7) is 4.01. The number of carbonyl (C=O) groups excluding carboxylic acids is 1. The van der Waals surface area contributed by atoms with Crippen molar-refractivity contribution in [1.82, 2.24) is 0 Å². The van der Waals surface area contributed by atoms with Crippen molar-refractivity contribution in [2.45, 2.75) is 19.3 Å². The summed E-state index contributed by atoms with van der Waals surface area (Å²) in [5.41, 5.74) is 0. The molecule has 0 aromatic carbocycles. The van der Waals surface area contributed by atoms with E-state index in [1.165, 1.54) is 6.26 Å². The minimum absolute atomic E-state index is 0.197. The smallest absolute Gasteiger partial charge is 0.305 e. The van der Waals surface area contributed by atoms with Crippen LogP contribution in [0.15, 0.2) is 12.8 Å². The average molecular weight is 207 g/mol. The first kappa shape index (κ1) is 12.3. The van der Waals surface area contributed by atoms with Gasteiger partial charge in [-0.2, -0.15) is 0 Å². The van der Waals surface area contributed by atoms with Crippen LogP contribution in [0.4, 0.5) is 0 Å². The minimum atomic E-state index is -0.197. The van der Waals surface area contributed by atoms with Gasteiger partial charge in [0.1, 0.15) is 13.2 Å². The molecule has 0 unspecified atom stereocenters. The highest BCUT2D eigenvalue weighted by atomic mass is 35.5. The summed E-state index contributed by atoms with van der Waals surface area (Å²) >= 11 is 5.45. The van der Waals surface area contributed by atoms with Crippen molar-refractivity contribution >= 4 is 17.6 Å². The van der Waals surface area contributed by atoms with E-state index >= 15 is 0 Å². The van der Waals surface area contributed by atoms with Crippen molar-refractivity contribution in [1.29, 1.82) is 0 Å². The van der Waals surface area contributed by atoms with E-state index in [9.17, 15) is 4.79 Å². The van der Waals surface area contributed by atoms with Gasteiger partial charge in [0.15, 0.2) is 0 Å². The number of unbranched alkanes of at least 4 members (excludes halogenated alkanes) is 1. The van der Waals surface area contributed by atoms with E-state index in [0.29, 0.717) is 18.9 Å². The Hall–Kier alpha value is -0.700. The first-order chi connectivity index (χ1) is 6.31.